The lowest BCUT2D eigenvalue weighted by Gasteiger charge is -2.14. The van der Waals surface area contributed by atoms with Crippen LogP contribution in [-0.4, -0.2) is 38.6 Å². The van der Waals surface area contributed by atoms with Crippen molar-refractivity contribution < 1.29 is 27.9 Å². The van der Waals surface area contributed by atoms with E-state index in [1.807, 2.05) is 4.72 Å². The van der Waals surface area contributed by atoms with Crippen molar-refractivity contribution in [3.05, 3.63) is 28.2 Å². The van der Waals surface area contributed by atoms with Crippen LogP contribution in [0.15, 0.2) is 23.1 Å². The number of hydrogen-bond donors (Lipinski definition) is 2. The summed E-state index contributed by atoms with van der Waals surface area (Å²) in [6.07, 6.45) is -0.646. The Morgan fingerprint density at radius 2 is 1.95 bits per heavy atom. The monoisotopic (exact) mass is 355 g/mol. The number of ether oxygens (including phenoxy) is 1. The molecule has 21 heavy (non-hydrogen) atoms. The third-order valence-electron chi connectivity index (χ3n) is 2.40. The number of hydrogen-bond acceptors (Lipinski definition) is 5. The van der Waals surface area contributed by atoms with Crippen LogP contribution in [0.25, 0.3) is 0 Å². The number of benzene rings is 1. The predicted octanol–water partition coefficient (Wildman–Crippen LogP) is 1.29. The molecule has 1 atom stereocenters. The number of carboxylic acid groups (broad SMARTS) is 1. The molecule has 0 amide bonds. The van der Waals surface area contributed by atoms with E-state index >= 15 is 0 Å². The number of nitrogens with one attached hydrogen (secondary N) is 1. The highest BCUT2D eigenvalue weighted by atomic mass is 35.5. The molecule has 7 nitrogen and oxygen atoms in total. The van der Waals surface area contributed by atoms with E-state index < -0.39 is 34.4 Å². The van der Waals surface area contributed by atoms with Crippen LogP contribution in [0.2, 0.25) is 10.0 Å². The first-order valence-corrected chi connectivity index (χ1v) is 7.68. The van der Waals surface area contributed by atoms with Crippen LogP contribution >= 0.6 is 23.2 Å². The van der Waals surface area contributed by atoms with E-state index in [0.717, 1.165) is 19.2 Å². The number of carbonyl (C=O) groups excluding carboxylic acids is 1. The van der Waals surface area contributed by atoms with Gasteiger partial charge in [-0.25, -0.2) is 8.42 Å². The van der Waals surface area contributed by atoms with Crippen LogP contribution in [0.3, 0.4) is 0 Å². The summed E-state index contributed by atoms with van der Waals surface area (Å²) in [5.41, 5.74) is 0. The largest absolute Gasteiger partial charge is 0.480 e. The zero-order valence-electron chi connectivity index (χ0n) is 10.7. The standard InChI is InChI=1S/C11H11Cl2NO6S/c1-20-10(15)5-9(11(16)17)14-21(18,19)6-2-3-7(12)8(13)4-6/h2-4,9,14H,5H2,1H3,(H,16,17)/t9-/m0/s1. The second kappa shape index (κ2) is 7.08. The molecule has 0 aliphatic carbocycles. The Morgan fingerprint density at radius 3 is 2.43 bits per heavy atom. The molecule has 0 saturated heterocycles. The maximum atomic E-state index is 12.1. The molecule has 0 radical (unpaired) electrons. The van der Waals surface area contributed by atoms with Gasteiger partial charge in [0.25, 0.3) is 0 Å². The number of carboxylic acids is 1. The number of aliphatic carboxylic acids is 1. The van der Waals surface area contributed by atoms with Gasteiger partial charge in [-0.2, -0.15) is 4.72 Å². The molecule has 1 aromatic rings. The molecule has 0 fully saturated rings. The normalized spacial score (nSPS) is 12.7. The zero-order valence-corrected chi connectivity index (χ0v) is 13.0. The van der Waals surface area contributed by atoms with Gasteiger partial charge < -0.3 is 9.84 Å². The van der Waals surface area contributed by atoms with Gasteiger partial charge in [0.15, 0.2) is 0 Å². The van der Waals surface area contributed by atoms with Crippen molar-refractivity contribution in [1.82, 2.24) is 4.72 Å². The van der Waals surface area contributed by atoms with Gasteiger partial charge in [-0.15, -0.1) is 0 Å². The van der Waals surface area contributed by atoms with Crippen LogP contribution < -0.4 is 4.72 Å². The van der Waals surface area contributed by atoms with E-state index in [1.54, 1.807) is 0 Å². The summed E-state index contributed by atoms with van der Waals surface area (Å²) in [4.78, 5) is 21.8. The van der Waals surface area contributed by atoms with E-state index in [4.69, 9.17) is 28.3 Å². The van der Waals surface area contributed by atoms with Crippen molar-refractivity contribution in [3.63, 3.8) is 0 Å². The highest BCUT2D eigenvalue weighted by Crippen LogP contribution is 2.24. The molecule has 0 saturated carbocycles. The smallest absolute Gasteiger partial charge is 0.322 e. The van der Waals surface area contributed by atoms with Gasteiger partial charge in [-0.1, -0.05) is 23.2 Å². The third kappa shape index (κ3) is 4.85. The van der Waals surface area contributed by atoms with E-state index in [9.17, 15) is 18.0 Å². The minimum atomic E-state index is -4.18. The summed E-state index contributed by atoms with van der Waals surface area (Å²) in [6, 6.07) is 1.84. The number of esters is 1. The van der Waals surface area contributed by atoms with Crippen LogP contribution in [-0.2, 0) is 24.3 Å². The fraction of sp³-hybridized carbons (Fsp3) is 0.273. The fourth-order valence-electron chi connectivity index (χ4n) is 1.33. The molecule has 0 bridgehead atoms. The van der Waals surface area contributed by atoms with Gasteiger partial charge in [0.1, 0.15) is 6.04 Å². The molecular weight excluding hydrogens is 345 g/mol. The Morgan fingerprint density at radius 1 is 1.33 bits per heavy atom. The lowest BCUT2D eigenvalue weighted by molar-refractivity contribution is -0.147. The molecule has 10 heteroatoms. The Hall–Kier alpha value is -1.35. The van der Waals surface area contributed by atoms with Gasteiger partial charge in [-0.3, -0.25) is 9.59 Å². The highest BCUT2D eigenvalue weighted by molar-refractivity contribution is 7.89. The number of halogens is 2. The molecule has 1 aromatic carbocycles. The lowest BCUT2D eigenvalue weighted by Crippen LogP contribution is -2.42. The van der Waals surface area contributed by atoms with Gasteiger partial charge in [-0.05, 0) is 18.2 Å². The summed E-state index contributed by atoms with van der Waals surface area (Å²) >= 11 is 11.4. The topological polar surface area (TPSA) is 110 Å². The van der Waals surface area contributed by atoms with Crippen LogP contribution in [0.5, 0.6) is 0 Å². The van der Waals surface area contributed by atoms with E-state index in [2.05, 4.69) is 4.74 Å². The molecule has 0 aliphatic heterocycles. The average molecular weight is 356 g/mol. The molecule has 0 aromatic heterocycles. The maximum absolute atomic E-state index is 12.1. The Kier molecular flexibility index (Phi) is 5.97. The molecule has 0 unspecified atom stereocenters. The van der Waals surface area contributed by atoms with E-state index in [-0.39, 0.29) is 14.9 Å². The second-order valence-corrected chi connectivity index (χ2v) is 6.40. The van der Waals surface area contributed by atoms with Gasteiger partial charge in [0.2, 0.25) is 10.0 Å². The Labute approximate surface area is 130 Å². The van der Waals surface area contributed by atoms with Gasteiger partial charge in [0, 0.05) is 0 Å². The molecular formula is C11H11Cl2NO6S. The van der Waals surface area contributed by atoms with Gasteiger partial charge in [0.05, 0.1) is 28.5 Å². The fourth-order valence-corrected chi connectivity index (χ4v) is 2.91. The minimum Gasteiger partial charge on any atom is -0.480 e. The Bertz CT molecular complexity index is 661. The van der Waals surface area contributed by atoms with Crippen molar-refractivity contribution in [2.75, 3.05) is 7.11 Å². The highest BCUT2D eigenvalue weighted by Gasteiger charge is 2.28. The van der Waals surface area contributed by atoms with E-state index in [1.165, 1.54) is 6.07 Å². The average Bonchev–Trinajstić information content (AvgIpc) is 2.40. The zero-order chi connectivity index (χ0) is 16.2. The summed E-state index contributed by atoms with van der Waals surface area (Å²) in [5.74, 6) is -2.37. The van der Waals surface area contributed by atoms with Crippen molar-refractivity contribution in [1.29, 1.82) is 0 Å². The van der Waals surface area contributed by atoms with E-state index in [0.29, 0.717) is 0 Å². The summed E-state index contributed by atoms with van der Waals surface area (Å²) in [5, 5.41) is 9.10. The molecule has 2 N–H and O–H groups in total. The lowest BCUT2D eigenvalue weighted by atomic mass is 10.2. The summed E-state index contributed by atoms with van der Waals surface area (Å²) in [6.45, 7) is 0. The molecule has 0 spiro atoms. The summed E-state index contributed by atoms with van der Waals surface area (Å²) in [7, 11) is -3.12. The molecule has 116 valence electrons. The number of carbonyl (C=O) groups is 2. The van der Waals surface area contributed by atoms with Crippen molar-refractivity contribution >= 4 is 45.2 Å². The third-order valence-corrected chi connectivity index (χ3v) is 4.60. The number of rotatable bonds is 6. The van der Waals surface area contributed by atoms with Crippen molar-refractivity contribution in [3.8, 4) is 0 Å². The van der Waals surface area contributed by atoms with Crippen LogP contribution in [0, 0.1) is 0 Å². The minimum absolute atomic E-state index is 0.000570. The Balaban J connectivity index is 3.03. The SMILES string of the molecule is COC(=O)C[C@H](NS(=O)(=O)c1ccc(Cl)c(Cl)c1)C(=O)O. The predicted molar refractivity (Wildman–Crippen MR) is 74.8 cm³/mol. The first kappa shape index (κ1) is 17.7. The molecule has 1 rings (SSSR count). The van der Waals surface area contributed by atoms with Crippen LogP contribution in [0.1, 0.15) is 6.42 Å². The summed E-state index contributed by atoms with van der Waals surface area (Å²) < 4.78 is 30.3. The quantitative estimate of drug-likeness (QED) is 0.744. The molecule has 0 heterocycles. The first-order chi connectivity index (χ1) is 9.67. The number of methoxy groups -OCH3 is 1. The second-order valence-electron chi connectivity index (χ2n) is 3.87. The van der Waals surface area contributed by atoms with Crippen molar-refractivity contribution in [2.45, 2.75) is 17.4 Å². The van der Waals surface area contributed by atoms with Crippen molar-refractivity contribution in [2.24, 2.45) is 0 Å². The van der Waals surface area contributed by atoms with Crippen LogP contribution in [0.4, 0.5) is 0 Å². The maximum Gasteiger partial charge on any atom is 0.322 e. The number of sulfonamides is 1. The van der Waals surface area contributed by atoms with Gasteiger partial charge >= 0.3 is 11.9 Å². The molecule has 0 aliphatic rings. The first-order valence-electron chi connectivity index (χ1n) is 5.44.